The van der Waals surface area contributed by atoms with Crippen LogP contribution in [-0.4, -0.2) is 6.61 Å². The predicted octanol–water partition coefficient (Wildman–Crippen LogP) is 8.59. The molecule has 0 bridgehead atoms. The van der Waals surface area contributed by atoms with Crippen molar-refractivity contribution in [2.75, 3.05) is 6.61 Å². The molecule has 0 saturated heterocycles. The Morgan fingerprint density at radius 2 is 1.39 bits per heavy atom. The lowest BCUT2D eigenvalue weighted by molar-refractivity contribution is -0.140. The number of alkyl halides is 3. The average Bonchev–Trinajstić information content (AvgIpc) is 2.74. The van der Waals surface area contributed by atoms with Gasteiger partial charge in [-0.3, -0.25) is 0 Å². The van der Waals surface area contributed by atoms with Crippen molar-refractivity contribution in [3.05, 3.63) is 29.1 Å². The second-order valence-electron chi connectivity index (χ2n) is 9.73. The predicted molar refractivity (Wildman–Crippen MR) is 117 cm³/mol. The third-order valence-corrected chi connectivity index (χ3v) is 7.74. The van der Waals surface area contributed by atoms with Gasteiger partial charge in [-0.15, -0.1) is 0 Å². The van der Waals surface area contributed by atoms with E-state index in [1.807, 2.05) is 0 Å². The molecule has 0 aliphatic heterocycles. The minimum atomic E-state index is -4.71. The summed E-state index contributed by atoms with van der Waals surface area (Å²) in [6.07, 6.45) is 9.00. The van der Waals surface area contributed by atoms with E-state index < -0.39 is 17.6 Å². The van der Waals surface area contributed by atoms with E-state index in [9.17, 15) is 17.6 Å². The fourth-order valence-corrected chi connectivity index (χ4v) is 6.04. The second-order valence-corrected chi connectivity index (χ2v) is 9.73. The normalized spacial score (nSPS) is 27.3. The molecule has 0 unspecified atom stereocenters. The Morgan fingerprint density at radius 1 is 0.839 bits per heavy atom. The van der Waals surface area contributed by atoms with Crippen molar-refractivity contribution >= 4 is 0 Å². The second kappa shape index (κ2) is 11.0. The Hall–Kier alpha value is -1.26. The number of benzene rings is 1. The van der Waals surface area contributed by atoms with E-state index in [4.69, 9.17) is 4.74 Å². The molecule has 2 aliphatic rings. The van der Waals surface area contributed by atoms with E-state index in [0.717, 1.165) is 30.6 Å². The summed E-state index contributed by atoms with van der Waals surface area (Å²) in [5, 5.41) is 0. The lowest BCUT2D eigenvalue weighted by atomic mass is 9.68. The molecule has 0 N–H and O–H groups in total. The van der Waals surface area contributed by atoms with Gasteiger partial charge < -0.3 is 4.74 Å². The molecule has 1 aromatic carbocycles. The van der Waals surface area contributed by atoms with Crippen LogP contribution in [0.2, 0.25) is 0 Å². The Labute approximate surface area is 184 Å². The Kier molecular flexibility index (Phi) is 8.69. The topological polar surface area (TPSA) is 9.23 Å². The maximum atomic E-state index is 14.5. The van der Waals surface area contributed by atoms with E-state index in [2.05, 4.69) is 6.92 Å². The molecule has 0 radical (unpaired) electrons. The van der Waals surface area contributed by atoms with Gasteiger partial charge in [-0.1, -0.05) is 51.5 Å². The van der Waals surface area contributed by atoms with Crippen molar-refractivity contribution in [1.82, 2.24) is 0 Å². The minimum Gasteiger partial charge on any atom is -0.491 e. The molecule has 1 aromatic rings. The van der Waals surface area contributed by atoms with Crippen molar-refractivity contribution in [3.8, 4) is 5.75 Å². The van der Waals surface area contributed by atoms with Crippen molar-refractivity contribution in [2.45, 2.75) is 97.1 Å². The highest BCUT2D eigenvalue weighted by Crippen LogP contribution is 2.44. The van der Waals surface area contributed by atoms with Crippen molar-refractivity contribution in [3.63, 3.8) is 0 Å². The van der Waals surface area contributed by atoms with Crippen LogP contribution < -0.4 is 4.74 Å². The smallest absolute Gasteiger partial charge is 0.419 e. The first-order chi connectivity index (χ1) is 14.8. The summed E-state index contributed by atoms with van der Waals surface area (Å²) in [7, 11) is 0. The van der Waals surface area contributed by atoms with Gasteiger partial charge in [-0.2, -0.15) is 13.2 Å². The molecular weight excluding hydrogens is 404 g/mol. The van der Waals surface area contributed by atoms with Crippen LogP contribution in [0.1, 0.15) is 95.6 Å². The zero-order valence-electron chi connectivity index (χ0n) is 19.1. The fourth-order valence-electron chi connectivity index (χ4n) is 6.04. The molecule has 5 heteroatoms. The van der Waals surface area contributed by atoms with Crippen LogP contribution in [0, 0.1) is 29.5 Å². The monoisotopic (exact) mass is 442 g/mol. The Bertz CT molecular complexity index is 683. The van der Waals surface area contributed by atoms with Crippen molar-refractivity contribution < 1.29 is 22.3 Å². The quantitative estimate of drug-likeness (QED) is 0.366. The molecule has 3 rings (SSSR count). The van der Waals surface area contributed by atoms with Crippen LogP contribution in [0.15, 0.2) is 12.1 Å². The van der Waals surface area contributed by atoms with Gasteiger partial charge in [0.05, 0.1) is 12.2 Å². The number of rotatable bonds is 8. The van der Waals surface area contributed by atoms with Crippen LogP contribution in [0.5, 0.6) is 5.75 Å². The number of hydrogen-bond donors (Lipinski definition) is 0. The van der Waals surface area contributed by atoms with Gasteiger partial charge in [0.25, 0.3) is 0 Å². The summed E-state index contributed by atoms with van der Waals surface area (Å²) in [6, 6.07) is 2.74. The highest BCUT2D eigenvalue weighted by atomic mass is 19.4. The summed E-state index contributed by atoms with van der Waals surface area (Å²) in [5.41, 5.74) is -1.08. The highest BCUT2D eigenvalue weighted by Gasteiger charge is 2.38. The van der Waals surface area contributed by atoms with Crippen LogP contribution >= 0.6 is 0 Å². The summed E-state index contributed by atoms with van der Waals surface area (Å²) in [5.74, 6) is 1.44. The number of ether oxygens (including phenoxy) is 1. The Morgan fingerprint density at radius 3 is 1.87 bits per heavy atom. The Balaban J connectivity index is 1.52. The third-order valence-electron chi connectivity index (χ3n) is 7.74. The summed E-state index contributed by atoms with van der Waals surface area (Å²) >= 11 is 0. The van der Waals surface area contributed by atoms with Gasteiger partial charge in [0, 0.05) is 0 Å². The number of aryl methyl sites for hydroxylation is 1. The molecule has 2 fully saturated rings. The van der Waals surface area contributed by atoms with Crippen LogP contribution in [-0.2, 0) is 12.6 Å². The fraction of sp³-hybridized carbons (Fsp3) is 0.769. The maximum Gasteiger partial charge on any atom is 0.419 e. The molecule has 0 amide bonds. The van der Waals surface area contributed by atoms with Crippen LogP contribution in [0.4, 0.5) is 17.6 Å². The van der Waals surface area contributed by atoms with Gasteiger partial charge in [-0.05, 0) is 80.8 Å². The molecule has 0 spiro atoms. The van der Waals surface area contributed by atoms with E-state index in [0.29, 0.717) is 12.3 Å². The van der Waals surface area contributed by atoms with Gasteiger partial charge >= 0.3 is 6.18 Å². The van der Waals surface area contributed by atoms with Crippen molar-refractivity contribution in [2.24, 2.45) is 23.7 Å². The third kappa shape index (κ3) is 6.38. The van der Waals surface area contributed by atoms with Crippen molar-refractivity contribution in [1.29, 1.82) is 0 Å². The molecule has 1 nitrogen and oxygen atoms in total. The lowest BCUT2D eigenvalue weighted by Gasteiger charge is -2.38. The van der Waals surface area contributed by atoms with E-state index in [1.54, 1.807) is 6.92 Å². The average molecular weight is 443 g/mol. The standard InChI is InChI=1S/C26H38F4O/c1-3-5-18-6-11-20(12-7-18)21-13-8-19(9-14-21)10-15-22-16-17-23(31-4-2)25(27)24(22)26(28,29)30/h16-21H,3-15H2,1-2H3. The molecule has 0 aromatic heterocycles. The van der Waals surface area contributed by atoms with Gasteiger partial charge in [-0.25, -0.2) is 4.39 Å². The number of halogens is 4. The van der Waals surface area contributed by atoms with Crippen LogP contribution in [0.3, 0.4) is 0 Å². The first-order valence-electron chi connectivity index (χ1n) is 12.3. The zero-order valence-corrected chi connectivity index (χ0v) is 19.1. The zero-order chi connectivity index (χ0) is 22.4. The van der Waals surface area contributed by atoms with E-state index in [1.165, 1.54) is 63.5 Å². The van der Waals surface area contributed by atoms with Gasteiger partial charge in [0.15, 0.2) is 11.6 Å². The summed E-state index contributed by atoms with van der Waals surface area (Å²) in [6.45, 7) is 4.04. The van der Waals surface area contributed by atoms with Crippen LogP contribution in [0.25, 0.3) is 0 Å². The molecular formula is C26H38F4O. The minimum absolute atomic E-state index is 0.0600. The molecule has 31 heavy (non-hydrogen) atoms. The first-order valence-corrected chi connectivity index (χ1v) is 12.3. The largest absolute Gasteiger partial charge is 0.491 e. The highest BCUT2D eigenvalue weighted by molar-refractivity contribution is 5.39. The molecule has 2 aliphatic carbocycles. The van der Waals surface area contributed by atoms with E-state index >= 15 is 0 Å². The molecule has 2 saturated carbocycles. The summed E-state index contributed by atoms with van der Waals surface area (Å²) < 4.78 is 60.1. The first kappa shape index (κ1) is 24.4. The maximum absolute atomic E-state index is 14.5. The molecule has 176 valence electrons. The SMILES string of the molecule is CCCC1CCC(C2CCC(CCc3ccc(OCC)c(F)c3C(F)(F)F)CC2)CC1. The summed E-state index contributed by atoms with van der Waals surface area (Å²) in [4.78, 5) is 0. The molecule has 0 atom stereocenters. The lowest BCUT2D eigenvalue weighted by Crippen LogP contribution is -2.26. The van der Waals surface area contributed by atoms with Gasteiger partial charge in [0.1, 0.15) is 0 Å². The van der Waals surface area contributed by atoms with E-state index in [-0.39, 0.29) is 24.3 Å². The molecule has 0 heterocycles. The van der Waals surface area contributed by atoms with Gasteiger partial charge in [0.2, 0.25) is 0 Å². The number of hydrogen-bond acceptors (Lipinski definition) is 1.